The quantitative estimate of drug-likeness (QED) is 0.536. The highest BCUT2D eigenvalue weighted by molar-refractivity contribution is 5.93. The van der Waals surface area contributed by atoms with Crippen LogP contribution in [0.5, 0.6) is 0 Å². The Balaban J connectivity index is 1.39. The highest BCUT2D eigenvalue weighted by atomic mass is 16.6. The maximum absolute atomic E-state index is 12.3. The van der Waals surface area contributed by atoms with Crippen LogP contribution in [0, 0.1) is 6.92 Å². The number of aryl methyl sites for hydroxylation is 1. The number of amides is 1. The van der Waals surface area contributed by atoms with E-state index in [1.807, 2.05) is 37.9 Å². The fraction of sp³-hybridized carbons (Fsp3) is 0.385. The minimum Gasteiger partial charge on any atom is -0.444 e. The SMILES string of the molecule is Cc1ccc2c(Nc3ccc(C4CCN(C(=O)OC(C)(C)C)CC4)cc3)ccnc2c1. The maximum atomic E-state index is 12.3. The average molecular weight is 418 g/mol. The van der Waals surface area contributed by atoms with Gasteiger partial charge in [0.15, 0.2) is 0 Å². The van der Waals surface area contributed by atoms with Crippen LogP contribution in [0.15, 0.2) is 54.7 Å². The topological polar surface area (TPSA) is 54.5 Å². The number of carbonyl (C=O) groups excluding carboxylic acids is 1. The molecule has 0 saturated carbocycles. The largest absolute Gasteiger partial charge is 0.444 e. The van der Waals surface area contributed by atoms with Crippen molar-refractivity contribution in [1.82, 2.24) is 9.88 Å². The number of fused-ring (bicyclic) bond motifs is 1. The lowest BCUT2D eigenvalue weighted by molar-refractivity contribution is 0.0205. The first-order valence-electron chi connectivity index (χ1n) is 11.0. The van der Waals surface area contributed by atoms with Gasteiger partial charge in [-0.1, -0.05) is 24.3 Å². The number of anilines is 2. The molecule has 0 bridgehead atoms. The number of piperidine rings is 1. The second kappa shape index (κ2) is 8.58. The van der Waals surface area contributed by atoms with E-state index in [1.54, 1.807) is 0 Å². The normalized spacial score (nSPS) is 15.2. The fourth-order valence-electron chi connectivity index (χ4n) is 4.08. The first kappa shape index (κ1) is 21.2. The van der Waals surface area contributed by atoms with Gasteiger partial charge in [0.25, 0.3) is 0 Å². The molecule has 2 aromatic carbocycles. The molecule has 0 unspecified atom stereocenters. The number of hydrogen-bond donors (Lipinski definition) is 1. The van der Waals surface area contributed by atoms with Crippen LogP contribution in [0.1, 0.15) is 50.7 Å². The van der Waals surface area contributed by atoms with Gasteiger partial charge in [0.1, 0.15) is 5.60 Å². The van der Waals surface area contributed by atoms with E-state index >= 15 is 0 Å². The zero-order valence-electron chi connectivity index (χ0n) is 18.8. The number of likely N-dealkylation sites (tertiary alicyclic amines) is 1. The van der Waals surface area contributed by atoms with Gasteiger partial charge >= 0.3 is 6.09 Å². The summed E-state index contributed by atoms with van der Waals surface area (Å²) in [5.41, 5.74) is 5.20. The van der Waals surface area contributed by atoms with E-state index in [1.165, 1.54) is 11.1 Å². The number of benzene rings is 2. The van der Waals surface area contributed by atoms with Crippen LogP contribution in [0.3, 0.4) is 0 Å². The van der Waals surface area contributed by atoms with E-state index < -0.39 is 5.60 Å². The Morgan fingerprint density at radius 3 is 2.45 bits per heavy atom. The van der Waals surface area contributed by atoms with Crippen molar-refractivity contribution < 1.29 is 9.53 Å². The molecule has 31 heavy (non-hydrogen) atoms. The highest BCUT2D eigenvalue weighted by Crippen LogP contribution is 2.31. The van der Waals surface area contributed by atoms with E-state index in [2.05, 4.69) is 59.7 Å². The van der Waals surface area contributed by atoms with Gasteiger partial charge in [0.2, 0.25) is 0 Å². The lowest BCUT2D eigenvalue weighted by atomic mass is 9.89. The summed E-state index contributed by atoms with van der Waals surface area (Å²) in [6.45, 7) is 9.27. The Morgan fingerprint density at radius 1 is 1.06 bits per heavy atom. The van der Waals surface area contributed by atoms with Gasteiger partial charge in [-0.05, 0) is 81.8 Å². The van der Waals surface area contributed by atoms with Crippen LogP contribution < -0.4 is 5.32 Å². The number of aromatic nitrogens is 1. The molecule has 1 saturated heterocycles. The summed E-state index contributed by atoms with van der Waals surface area (Å²) in [5, 5.41) is 4.65. The van der Waals surface area contributed by atoms with Crippen molar-refractivity contribution in [3.8, 4) is 0 Å². The highest BCUT2D eigenvalue weighted by Gasteiger charge is 2.27. The lowest BCUT2D eigenvalue weighted by Gasteiger charge is -2.33. The van der Waals surface area contributed by atoms with Crippen LogP contribution in [0.4, 0.5) is 16.2 Å². The monoisotopic (exact) mass is 417 g/mol. The maximum Gasteiger partial charge on any atom is 0.410 e. The van der Waals surface area contributed by atoms with Gasteiger partial charge in [-0.25, -0.2) is 4.79 Å². The summed E-state index contributed by atoms with van der Waals surface area (Å²) < 4.78 is 5.50. The van der Waals surface area contributed by atoms with Gasteiger partial charge < -0.3 is 15.0 Å². The molecule has 4 rings (SSSR count). The molecular formula is C26H31N3O2. The molecule has 0 spiro atoms. The van der Waals surface area contributed by atoms with E-state index in [-0.39, 0.29) is 6.09 Å². The average Bonchev–Trinajstić information content (AvgIpc) is 2.73. The van der Waals surface area contributed by atoms with Crippen molar-refractivity contribution in [2.75, 3.05) is 18.4 Å². The van der Waals surface area contributed by atoms with Crippen LogP contribution in [0.2, 0.25) is 0 Å². The molecule has 162 valence electrons. The third-order valence-corrected chi connectivity index (χ3v) is 5.71. The fourth-order valence-corrected chi connectivity index (χ4v) is 4.08. The molecule has 1 aliphatic heterocycles. The second-order valence-electron chi connectivity index (χ2n) is 9.37. The first-order chi connectivity index (χ1) is 14.8. The van der Waals surface area contributed by atoms with E-state index in [0.29, 0.717) is 5.92 Å². The van der Waals surface area contributed by atoms with E-state index in [4.69, 9.17) is 4.74 Å². The van der Waals surface area contributed by atoms with Gasteiger partial charge in [0, 0.05) is 36.0 Å². The number of nitrogens with one attached hydrogen (secondary N) is 1. The summed E-state index contributed by atoms with van der Waals surface area (Å²) in [6, 6.07) is 17.0. The molecule has 0 radical (unpaired) electrons. The summed E-state index contributed by atoms with van der Waals surface area (Å²) in [7, 11) is 0. The Labute approximate surface area is 184 Å². The predicted octanol–water partition coefficient (Wildman–Crippen LogP) is 6.40. The number of rotatable bonds is 3. The van der Waals surface area contributed by atoms with Crippen molar-refractivity contribution in [1.29, 1.82) is 0 Å². The van der Waals surface area contributed by atoms with Crippen LogP contribution in [-0.2, 0) is 4.74 Å². The minimum atomic E-state index is -0.449. The van der Waals surface area contributed by atoms with Gasteiger partial charge in [-0.2, -0.15) is 0 Å². The van der Waals surface area contributed by atoms with Crippen molar-refractivity contribution in [2.24, 2.45) is 0 Å². The zero-order valence-corrected chi connectivity index (χ0v) is 18.8. The standard InChI is InChI=1S/C26H31N3O2/c1-18-5-10-22-23(11-14-27-24(22)17-18)28-21-8-6-19(7-9-21)20-12-15-29(16-13-20)25(30)31-26(2,3)4/h5-11,14,17,20H,12-13,15-16H2,1-4H3,(H,27,28). The number of ether oxygens (including phenoxy) is 1. The molecule has 0 atom stereocenters. The third kappa shape index (κ3) is 5.16. The summed E-state index contributed by atoms with van der Waals surface area (Å²) in [5.74, 6) is 0.470. The third-order valence-electron chi connectivity index (χ3n) is 5.71. The Hall–Kier alpha value is -3.08. The van der Waals surface area contributed by atoms with Gasteiger partial charge in [-0.3, -0.25) is 4.98 Å². The predicted molar refractivity (Wildman–Crippen MR) is 126 cm³/mol. The van der Waals surface area contributed by atoms with Crippen molar-refractivity contribution >= 4 is 28.4 Å². The molecule has 2 heterocycles. The van der Waals surface area contributed by atoms with Gasteiger partial charge in [0.05, 0.1) is 5.52 Å². The summed E-state index contributed by atoms with van der Waals surface area (Å²) in [4.78, 5) is 18.6. The molecule has 1 amide bonds. The Bertz CT molecular complexity index is 1060. The molecule has 1 fully saturated rings. The number of nitrogens with zero attached hydrogens (tertiary/aromatic N) is 2. The van der Waals surface area contributed by atoms with Gasteiger partial charge in [-0.15, -0.1) is 0 Å². The Kier molecular flexibility index (Phi) is 5.86. The van der Waals surface area contributed by atoms with Crippen molar-refractivity contribution in [3.05, 3.63) is 65.9 Å². The number of carbonyl (C=O) groups is 1. The van der Waals surface area contributed by atoms with Crippen LogP contribution in [-0.4, -0.2) is 34.7 Å². The second-order valence-corrected chi connectivity index (χ2v) is 9.37. The molecular weight excluding hydrogens is 386 g/mol. The smallest absolute Gasteiger partial charge is 0.410 e. The van der Waals surface area contributed by atoms with Crippen LogP contribution in [0.25, 0.3) is 10.9 Å². The molecule has 0 aliphatic carbocycles. The first-order valence-corrected chi connectivity index (χ1v) is 11.0. The van der Waals surface area contributed by atoms with E-state index in [9.17, 15) is 4.79 Å². The molecule has 1 N–H and O–H groups in total. The molecule has 1 aromatic heterocycles. The number of pyridine rings is 1. The zero-order chi connectivity index (χ0) is 22.0. The van der Waals surface area contributed by atoms with Crippen molar-refractivity contribution in [3.63, 3.8) is 0 Å². The molecule has 1 aliphatic rings. The van der Waals surface area contributed by atoms with Crippen LogP contribution >= 0.6 is 0 Å². The Morgan fingerprint density at radius 2 is 1.77 bits per heavy atom. The molecule has 5 heteroatoms. The molecule has 3 aromatic rings. The number of hydrogen-bond acceptors (Lipinski definition) is 4. The minimum absolute atomic E-state index is 0.203. The lowest BCUT2D eigenvalue weighted by Crippen LogP contribution is -2.41. The van der Waals surface area contributed by atoms with E-state index in [0.717, 1.165) is 48.2 Å². The molecule has 5 nitrogen and oxygen atoms in total. The summed E-state index contributed by atoms with van der Waals surface area (Å²) >= 11 is 0. The summed E-state index contributed by atoms with van der Waals surface area (Å²) in [6.07, 6.45) is 3.56. The van der Waals surface area contributed by atoms with Crippen molar-refractivity contribution in [2.45, 2.75) is 52.1 Å².